The third-order valence-corrected chi connectivity index (χ3v) is 11.2. The van der Waals surface area contributed by atoms with Crippen molar-refractivity contribution in [3.8, 4) is 11.3 Å². The van der Waals surface area contributed by atoms with Crippen molar-refractivity contribution < 1.29 is 18.9 Å². The minimum absolute atomic E-state index is 0.0203. The molecule has 3 saturated heterocycles. The molecule has 0 unspecified atom stereocenters. The molecule has 0 N–H and O–H groups in total. The number of nitrogens with zero attached hydrogens (tertiary/aromatic N) is 8. The third-order valence-electron chi connectivity index (χ3n) is 11.0. The fraction of sp³-hybridized carbons (Fsp3) is 0.429. The van der Waals surface area contributed by atoms with Gasteiger partial charge in [0, 0.05) is 62.4 Å². The monoisotopic (exact) mass is 774 g/mol. The highest BCUT2D eigenvalue weighted by Crippen LogP contribution is 2.36. The standard InChI is InChI=1S/C18H18N4O.C14H18BNO2.C10H12ClN3O/c23-18(22-7-2-1-3-8-22)17-12-19-11-16(21-17)14-9-13-5-4-6-15(13)20-10-14;1-13(2)14(3,4)18-15(17-13)11-8-10-6-5-7-12(10)16-9-11;11-9-7-12-6-8(13-9)10(15)14-4-2-1-3-5-14/h4-5,9-12H,1-3,6-8H2;5-6,8-9H,7H2,1-4H3;6-7H,1-5H2. The van der Waals surface area contributed by atoms with Crippen molar-refractivity contribution in [1.82, 2.24) is 39.7 Å². The molecule has 9 rings (SSSR count). The van der Waals surface area contributed by atoms with E-state index in [1.165, 1.54) is 30.8 Å². The van der Waals surface area contributed by atoms with Crippen molar-refractivity contribution in [3.05, 3.63) is 101 Å². The van der Waals surface area contributed by atoms with Crippen LogP contribution in [0.2, 0.25) is 5.15 Å². The van der Waals surface area contributed by atoms with Crippen LogP contribution in [0.5, 0.6) is 0 Å². The number of carbonyl (C=O) groups is 2. The maximum Gasteiger partial charge on any atom is 0.496 e. The first-order chi connectivity index (χ1) is 27.0. The van der Waals surface area contributed by atoms with Crippen LogP contribution in [-0.2, 0) is 22.2 Å². The van der Waals surface area contributed by atoms with Crippen LogP contribution in [-0.4, -0.2) is 96.0 Å². The Kier molecular flexibility index (Phi) is 12.0. The maximum absolute atomic E-state index is 12.6. The maximum atomic E-state index is 12.6. The largest absolute Gasteiger partial charge is 0.496 e. The molecule has 0 bridgehead atoms. The zero-order valence-electron chi connectivity index (χ0n) is 32.6. The number of piperidine rings is 2. The van der Waals surface area contributed by atoms with Crippen LogP contribution < -0.4 is 5.46 Å². The fourth-order valence-corrected chi connectivity index (χ4v) is 7.23. The second kappa shape index (κ2) is 17.1. The summed E-state index contributed by atoms with van der Waals surface area (Å²) in [5.74, 6) is -0.0854. The van der Waals surface area contributed by atoms with Gasteiger partial charge in [-0.05, 0) is 83.4 Å². The average Bonchev–Trinajstić information content (AvgIpc) is 3.95. The van der Waals surface area contributed by atoms with E-state index in [0.717, 1.165) is 92.7 Å². The first-order valence-corrected chi connectivity index (χ1v) is 19.9. The molecule has 56 heavy (non-hydrogen) atoms. The highest BCUT2D eigenvalue weighted by Gasteiger charge is 2.52. The SMILES string of the molecule is CC1(C)OB(c2cnc3c(c2)C=CC3)OC1(C)C.O=C(c1cncc(-c2cnc3c(c2)C=CC3)n1)N1CCCCC1.O=C(c1cncc(Cl)n1)N1CCCCC1. The van der Waals surface area contributed by atoms with Crippen LogP contribution in [0.15, 0.2) is 61.5 Å². The van der Waals surface area contributed by atoms with E-state index < -0.39 is 0 Å². The molecule has 3 aliphatic heterocycles. The van der Waals surface area contributed by atoms with Gasteiger partial charge >= 0.3 is 7.12 Å². The lowest BCUT2D eigenvalue weighted by Crippen LogP contribution is -2.41. The van der Waals surface area contributed by atoms with Crippen molar-refractivity contribution in [1.29, 1.82) is 0 Å². The Balaban J connectivity index is 0.000000132. The van der Waals surface area contributed by atoms with Crippen molar-refractivity contribution >= 4 is 48.1 Å². The molecule has 0 aromatic carbocycles. The summed E-state index contributed by atoms with van der Waals surface area (Å²) in [6.07, 6.45) is 26.7. The number of likely N-dealkylation sites (tertiary alicyclic amines) is 2. The molecule has 0 radical (unpaired) electrons. The molecule has 0 spiro atoms. The van der Waals surface area contributed by atoms with Crippen LogP contribution in [0, 0.1) is 0 Å². The van der Waals surface area contributed by atoms with Crippen molar-refractivity contribution in [3.63, 3.8) is 0 Å². The number of hydrogen-bond acceptors (Lipinski definition) is 10. The van der Waals surface area contributed by atoms with E-state index in [1.54, 1.807) is 12.4 Å². The molecule has 0 saturated carbocycles. The molecular weight excluding hydrogens is 727 g/mol. The van der Waals surface area contributed by atoms with Crippen LogP contribution in [0.25, 0.3) is 23.4 Å². The number of allylic oxidation sites excluding steroid dienone is 2. The summed E-state index contributed by atoms with van der Waals surface area (Å²) >= 11 is 5.68. The summed E-state index contributed by atoms with van der Waals surface area (Å²) in [7, 11) is -0.318. The topological polar surface area (TPSA) is 136 Å². The fourth-order valence-electron chi connectivity index (χ4n) is 7.08. The Morgan fingerprint density at radius 1 is 0.661 bits per heavy atom. The lowest BCUT2D eigenvalue weighted by atomic mass is 9.79. The van der Waals surface area contributed by atoms with Gasteiger partial charge in [0.2, 0.25) is 0 Å². The summed E-state index contributed by atoms with van der Waals surface area (Å²) in [4.78, 5) is 53.7. The predicted molar refractivity (Wildman–Crippen MR) is 217 cm³/mol. The molecule has 5 aliphatic rings. The van der Waals surface area contributed by atoms with Gasteiger partial charge in [0.1, 0.15) is 16.5 Å². The van der Waals surface area contributed by atoms with Gasteiger partial charge in [0.15, 0.2) is 0 Å². The van der Waals surface area contributed by atoms with Gasteiger partial charge in [-0.25, -0.2) is 9.97 Å². The number of halogens is 1. The molecule has 3 fully saturated rings. The molecule has 290 valence electrons. The molecule has 7 heterocycles. The van der Waals surface area contributed by atoms with Crippen LogP contribution in [0.1, 0.15) is 110 Å². The molecular formula is C42H48BClN8O4. The number of rotatable bonds is 4. The van der Waals surface area contributed by atoms with Crippen molar-refractivity contribution in [2.24, 2.45) is 0 Å². The smallest absolute Gasteiger partial charge is 0.399 e. The van der Waals surface area contributed by atoms with Crippen molar-refractivity contribution in [2.75, 3.05) is 26.2 Å². The number of amides is 2. The first-order valence-electron chi connectivity index (χ1n) is 19.5. The quantitative estimate of drug-likeness (QED) is 0.213. The van der Waals surface area contributed by atoms with E-state index in [1.807, 2.05) is 22.2 Å². The second-order valence-corrected chi connectivity index (χ2v) is 16.0. The molecule has 14 heteroatoms. The second-order valence-electron chi connectivity index (χ2n) is 15.6. The third kappa shape index (κ3) is 9.06. The molecule has 12 nitrogen and oxygen atoms in total. The van der Waals surface area contributed by atoms with E-state index in [-0.39, 0.29) is 35.3 Å². The van der Waals surface area contributed by atoms with E-state index in [9.17, 15) is 9.59 Å². The highest BCUT2D eigenvalue weighted by molar-refractivity contribution is 6.62. The Labute approximate surface area is 334 Å². The number of carbonyl (C=O) groups excluding carboxylic acids is 2. The van der Waals surface area contributed by atoms with Gasteiger partial charge in [-0.1, -0.05) is 42.0 Å². The van der Waals surface area contributed by atoms with Gasteiger partial charge in [0.05, 0.1) is 53.1 Å². The van der Waals surface area contributed by atoms with E-state index >= 15 is 0 Å². The van der Waals surface area contributed by atoms with Gasteiger partial charge in [-0.3, -0.25) is 29.5 Å². The first kappa shape index (κ1) is 39.4. The lowest BCUT2D eigenvalue weighted by Gasteiger charge is -2.32. The zero-order chi connectivity index (χ0) is 39.3. The van der Waals surface area contributed by atoms with Gasteiger partial charge in [-0.2, -0.15) is 0 Å². The van der Waals surface area contributed by atoms with Gasteiger partial charge in [0.25, 0.3) is 11.8 Å². The van der Waals surface area contributed by atoms with Crippen LogP contribution >= 0.6 is 11.6 Å². The van der Waals surface area contributed by atoms with E-state index in [4.69, 9.17) is 20.9 Å². The Morgan fingerprint density at radius 3 is 1.75 bits per heavy atom. The molecule has 2 aliphatic carbocycles. The predicted octanol–water partition coefficient (Wildman–Crippen LogP) is 6.44. The molecule has 2 amide bonds. The minimum atomic E-state index is -0.318. The van der Waals surface area contributed by atoms with Gasteiger partial charge in [-0.15, -0.1) is 0 Å². The number of hydrogen-bond donors (Lipinski definition) is 0. The average molecular weight is 775 g/mol. The van der Waals surface area contributed by atoms with E-state index in [0.29, 0.717) is 17.1 Å². The number of fused-ring (bicyclic) bond motifs is 2. The Morgan fingerprint density at radius 2 is 1.18 bits per heavy atom. The normalized spacial score (nSPS) is 18.7. The summed E-state index contributed by atoms with van der Waals surface area (Å²) in [5, 5.41) is 0.262. The number of pyridine rings is 2. The summed E-state index contributed by atoms with van der Waals surface area (Å²) in [5.41, 5.74) is 7.28. The van der Waals surface area contributed by atoms with Crippen LogP contribution in [0.4, 0.5) is 0 Å². The summed E-state index contributed by atoms with van der Waals surface area (Å²) < 4.78 is 12.0. The number of aromatic nitrogens is 6. The Bertz CT molecular complexity index is 2120. The van der Waals surface area contributed by atoms with E-state index in [2.05, 4.69) is 94.0 Å². The van der Waals surface area contributed by atoms with Gasteiger partial charge < -0.3 is 19.1 Å². The molecule has 4 aromatic heterocycles. The zero-order valence-corrected chi connectivity index (χ0v) is 33.3. The molecule has 0 atom stereocenters. The highest BCUT2D eigenvalue weighted by atomic mass is 35.5. The lowest BCUT2D eigenvalue weighted by molar-refractivity contribution is 0.00578. The Hall–Kier alpha value is -4.85. The molecule has 4 aromatic rings. The van der Waals surface area contributed by atoms with Crippen molar-refractivity contribution in [2.45, 2.75) is 90.3 Å². The summed E-state index contributed by atoms with van der Waals surface area (Å²) in [6.45, 7) is 11.5. The minimum Gasteiger partial charge on any atom is -0.399 e. The summed E-state index contributed by atoms with van der Waals surface area (Å²) in [6, 6.07) is 4.18. The van der Waals surface area contributed by atoms with Crippen LogP contribution in [0.3, 0.4) is 0 Å².